The summed E-state index contributed by atoms with van der Waals surface area (Å²) in [6, 6.07) is 0. The Hall–Kier alpha value is -1.57. The van der Waals surface area contributed by atoms with Gasteiger partial charge in [-0.3, -0.25) is 9.36 Å². The summed E-state index contributed by atoms with van der Waals surface area (Å²) in [6.45, 7) is 8.46. The maximum atomic E-state index is 15.2. The van der Waals surface area contributed by atoms with E-state index in [1.54, 1.807) is 13.8 Å². The summed E-state index contributed by atoms with van der Waals surface area (Å²) in [4.78, 5) is 24.8. The van der Waals surface area contributed by atoms with Gasteiger partial charge >= 0.3 is 7.60 Å². The maximum absolute atomic E-state index is 15.2. The first-order chi connectivity index (χ1) is 15.1. The van der Waals surface area contributed by atoms with E-state index in [2.05, 4.69) is 16.8 Å². The molecule has 186 valence electrons. The van der Waals surface area contributed by atoms with Crippen molar-refractivity contribution in [2.45, 2.75) is 89.7 Å². The van der Waals surface area contributed by atoms with Crippen LogP contribution < -0.4 is 5.56 Å². The molecule has 0 saturated carbocycles. The Labute approximate surface area is 192 Å². The van der Waals surface area contributed by atoms with Gasteiger partial charge in [-0.15, -0.1) is 0 Å². The minimum absolute atomic E-state index is 0.0156. The highest BCUT2D eigenvalue weighted by Crippen LogP contribution is 2.57. The topological polar surface area (TPSA) is 138 Å². The van der Waals surface area contributed by atoms with Crippen LogP contribution >= 0.6 is 7.60 Å². The van der Waals surface area contributed by atoms with Crippen molar-refractivity contribution in [1.82, 2.24) is 4.98 Å². The summed E-state index contributed by atoms with van der Waals surface area (Å²) in [6.07, 6.45) is -4.15. The van der Waals surface area contributed by atoms with E-state index in [1.165, 1.54) is 34.8 Å². The Bertz CT molecular complexity index is 1040. The van der Waals surface area contributed by atoms with Gasteiger partial charge in [-0.05, 0) is 47.0 Å². The number of ether oxygens (including phenoxy) is 2. The number of aliphatic hydroxyl groups is 2. The van der Waals surface area contributed by atoms with Crippen molar-refractivity contribution in [2.24, 2.45) is 0 Å². The average molecular weight is 489 g/mol. The van der Waals surface area contributed by atoms with Gasteiger partial charge in [0, 0.05) is 13.5 Å². The highest BCUT2D eigenvalue weighted by atomic mass is 31.2. The molecule has 33 heavy (non-hydrogen) atoms. The summed E-state index contributed by atoms with van der Waals surface area (Å²) in [5.41, 5.74) is -2.08. The number of aromatic amines is 1. The molecule has 0 aliphatic carbocycles. The number of rotatable bonds is 8. The Morgan fingerprint density at radius 1 is 1.33 bits per heavy atom. The van der Waals surface area contributed by atoms with E-state index in [0.717, 1.165) is 0 Å². The van der Waals surface area contributed by atoms with Gasteiger partial charge in [0.2, 0.25) is 0 Å². The molecule has 6 unspecified atom stereocenters. The maximum Gasteiger partial charge on any atom is 0.359 e. The third-order valence-electron chi connectivity index (χ3n) is 5.97. The van der Waals surface area contributed by atoms with Gasteiger partial charge in [0.15, 0.2) is 5.34 Å². The number of H-pyrrole nitrogens is 1. The second-order valence-corrected chi connectivity index (χ2v) is 11.3. The van der Waals surface area contributed by atoms with Gasteiger partial charge in [-0.25, -0.2) is 4.39 Å². The van der Waals surface area contributed by atoms with Crippen LogP contribution in [0.5, 0.6) is 0 Å². The minimum atomic E-state index is -4.45. The Balaban J connectivity index is 2.46. The van der Waals surface area contributed by atoms with Crippen LogP contribution in [0.2, 0.25) is 0 Å². The molecule has 9 nitrogen and oxygen atoms in total. The molecule has 1 aliphatic rings. The first-order valence-electron chi connectivity index (χ1n) is 10.6. The van der Waals surface area contributed by atoms with E-state index in [4.69, 9.17) is 14.0 Å². The van der Waals surface area contributed by atoms with Crippen molar-refractivity contribution >= 4 is 7.60 Å². The summed E-state index contributed by atoms with van der Waals surface area (Å²) >= 11 is 0. The van der Waals surface area contributed by atoms with Gasteiger partial charge in [0.25, 0.3) is 5.56 Å². The van der Waals surface area contributed by atoms with Crippen LogP contribution in [0.4, 0.5) is 4.39 Å². The highest BCUT2D eigenvalue weighted by molar-refractivity contribution is 7.54. The molecule has 1 aromatic heterocycles. The standard InChI is InChI=1S/C22H33FNO8P/c1-8-10-13-15(16(23)12(3)20(26)24-13)18-19(30-7)17(25)14(31-18)11-22(6,9-2)32-33(28,29)21(4,5)27/h14,17-19,25,27H,9,11H2,1-7H3,(H,24,26)(H,28,29). The second-order valence-electron chi connectivity index (χ2n) is 8.96. The zero-order chi connectivity index (χ0) is 25.4. The number of hydrogen-bond acceptors (Lipinski definition) is 7. The molecule has 0 bridgehead atoms. The van der Waals surface area contributed by atoms with Crippen molar-refractivity contribution in [2.75, 3.05) is 7.11 Å². The third-order valence-corrected chi connectivity index (χ3v) is 8.05. The predicted octanol–water partition coefficient (Wildman–Crippen LogP) is 2.50. The van der Waals surface area contributed by atoms with Crippen LogP contribution in [0, 0.1) is 24.6 Å². The quantitative estimate of drug-likeness (QED) is 0.323. The van der Waals surface area contributed by atoms with Crippen LogP contribution in [0.1, 0.15) is 70.4 Å². The molecule has 0 spiro atoms. The number of pyridine rings is 1. The smallest absolute Gasteiger partial charge is 0.359 e. The summed E-state index contributed by atoms with van der Waals surface area (Å²) in [5, 5.41) is 18.9. The third kappa shape index (κ3) is 5.57. The van der Waals surface area contributed by atoms with E-state index < -0.39 is 54.3 Å². The van der Waals surface area contributed by atoms with Gasteiger partial charge in [-0.1, -0.05) is 12.8 Å². The van der Waals surface area contributed by atoms with Gasteiger partial charge < -0.3 is 34.1 Å². The molecule has 11 heteroatoms. The number of aromatic nitrogens is 1. The summed E-state index contributed by atoms with van der Waals surface area (Å²) in [7, 11) is -3.12. The Morgan fingerprint density at radius 2 is 1.94 bits per heavy atom. The van der Waals surface area contributed by atoms with Crippen molar-refractivity contribution in [3.8, 4) is 11.8 Å². The lowest BCUT2D eigenvalue weighted by molar-refractivity contribution is -0.0527. The fourth-order valence-corrected chi connectivity index (χ4v) is 4.68. The van der Waals surface area contributed by atoms with Gasteiger partial charge in [0.05, 0.1) is 22.8 Å². The Kier molecular flexibility index (Phi) is 8.36. The molecule has 1 aliphatic heterocycles. The van der Waals surface area contributed by atoms with E-state index >= 15 is 4.39 Å². The van der Waals surface area contributed by atoms with Crippen LogP contribution in [0.3, 0.4) is 0 Å². The van der Waals surface area contributed by atoms with Gasteiger partial charge in [0.1, 0.15) is 29.8 Å². The minimum Gasteiger partial charge on any atom is -0.388 e. The normalized spacial score (nSPS) is 26.9. The second kappa shape index (κ2) is 9.96. The summed E-state index contributed by atoms with van der Waals surface area (Å²) < 4.78 is 44.6. The molecule has 2 heterocycles. The summed E-state index contributed by atoms with van der Waals surface area (Å²) in [5.74, 6) is 4.46. The largest absolute Gasteiger partial charge is 0.388 e. The molecular weight excluding hydrogens is 456 g/mol. The molecule has 1 aromatic rings. The van der Waals surface area contributed by atoms with Crippen LogP contribution in [0.15, 0.2) is 4.79 Å². The molecule has 0 aromatic carbocycles. The van der Waals surface area contributed by atoms with E-state index in [-0.39, 0.29) is 29.7 Å². The van der Waals surface area contributed by atoms with Gasteiger partial charge in [-0.2, -0.15) is 0 Å². The lowest BCUT2D eigenvalue weighted by Gasteiger charge is -2.36. The lowest BCUT2D eigenvalue weighted by atomic mass is 9.91. The van der Waals surface area contributed by atoms with Crippen molar-refractivity contribution < 1.29 is 38.1 Å². The molecule has 1 fully saturated rings. The molecule has 2 rings (SSSR count). The molecule has 0 amide bonds. The number of aliphatic hydroxyl groups excluding tert-OH is 1. The monoisotopic (exact) mass is 489 g/mol. The van der Waals surface area contributed by atoms with Crippen LogP contribution in [0.25, 0.3) is 0 Å². The SMILES string of the molecule is CC#Cc1[nH]c(=O)c(C)c(F)c1C1OC(CC(C)(CC)OP(=O)(O)C(C)(C)O)C(O)C1OC. The molecule has 0 radical (unpaired) electrons. The first kappa shape index (κ1) is 27.7. The molecule has 6 atom stereocenters. The van der Waals surface area contributed by atoms with E-state index in [1.807, 2.05) is 0 Å². The fraction of sp³-hybridized carbons (Fsp3) is 0.682. The molecular formula is C22H33FNO8P. The van der Waals surface area contributed by atoms with Crippen molar-refractivity contribution in [1.29, 1.82) is 0 Å². The van der Waals surface area contributed by atoms with Crippen LogP contribution in [-0.4, -0.2) is 56.5 Å². The van der Waals surface area contributed by atoms with E-state index in [9.17, 15) is 24.5 Å². The highest BCUT2D eigenvalue weighted by Gasteiger charge is 2.51. The zero-order valence-corrected chi connectivity index (χ0v) is 20.8. The lowest BCUT2D eigenvalue weighted by Crippen LogP contribution is -2.40. The number of methoxy groups -OCH3 is 1. The predicted molar refractivity (Wildman–Crippen MR) is 119 cm³/mol. The van der Waals surface area contributed by atoms with Crippen molar-refractivity contribution in [3.05, 3.63) is 33.0 Å². The number of nitrogens with one attached hydrogen (secondary N) is 1. The first-order valence-corrected chi connectivity index (χ1v) is 12.2. The molecule has 4 N–H and O–H groups in total. The average Bonchev–Trinajstić information content (AvgIpc) is 3.00. The number of halogens is 1. The Morgan fingerprint density at radius 3 is 2.42 bits per heavy atom. The fourth-order valence-electron chi connectivity index (χ4n) is 3.66. The van der Waals surface area contributed by atoms with Crippen molar-refractivity contribution in [3.63, 3.8) is 0 Å². The van der Waals surface area contributed by atoms with Crippen LogP contribution in [-0.2, 0) is 18.6 Å². The molecule has 1 saturated heterocycles. The zero-order valence-electron chi connectivity index (χ0n) is 19.9. The number of hydrogen-bond donors (Lipinski definition) is 4. The van der Waals surface area contributed by atoms with E-state index in [0.29, 0.717) is 0 Å².